The summed E-state index contributed by atoms with van der Waals surface area (Å²) >= 11 is 9.38. The Labute approximate surface area is 158 Å². The highest BCUT2D eigenvalue weighted by Gasteiger charge is 2.17. The van der Waals surface area contributed by atoms with Crippen molar-refractivity contribution in [3.63, 3.8) is 0 Å². The van der Waals surface area contributed by atoms with Crippen molar-refractivity contribution in [2.75, 3.05) is 5.32 Å². The van der Waals surface area contributed by atoms with Gasteiger partial charge in [-0.15, -0.1) is 0 Å². The van der Waals surface area contributed by atoms with Gasteiger partial charge in [0.1, 0.15) is 6.10 Å². The van der Waals surface area contributed by atoms with Crippen molar-refractivity contribution in [1.82, 2.24) is 4.98 Å². The summed E-state index contributed by atoms with van der Waals surface area (Å²) in [4.78, 5) is 16.5. The van der Waals surface area contributed by atoms with Crippen LogP contribution in [0.1, 0.15) is 27.6 Å². The number of nitrogens with zero attached hydrogens (tertiary/aromatic N) is 1. The first-order chi connectivity index (χ1) is 12.0. The van der Waals surface area contributed by atoms with Crippen molar-refractivity contribution in [2.24, 2.45) is 0 Å². The molecule has 6 heteroatoms. The number of benzene rings is 2. The van der Waals surface area contributed by atoms with Gasteiger partial charge in [-0.05, 0) is 45.8 Å². The highest BCUT2D eigenvalue weighted by molar-refractivity contribution is 9.10. The molecule has 4 nitrogen and oxygen atoms in total. The van der Waals surface area contributed by atoms with Gasteiger partial charge < -0.3 is 10.4 Å². The van der Waals surface area contributed by atoms with Crippen LogP contribution in [0.4, 0.5) is 5.69 Å². The first kappa shape index (κ1) is 17.6. The second-order valence-corrected chi connectivity index (χ2v) is 6.74. The smallest absolute Gasteiger partial charge is 0.257 e. The fourth-order valence-corrected chi connectivity index (χ4v) is 2.96. The second kappa shape index (κ2) is 7.78. The second-order valence-electron chi connectivity index (χ2n) is 5.39. The predicted octanol–water partition coefficient (Wildman–Crippen LogP) is 4.83. The highest BCUT2D eigenvalue weighted by atomic mass is 79.9. The molecule has 0 unspecified atom stereocenters. The molecular formula is C19H14BrClN2O2. The Kier molecular flexibility index (Phi) is 5.48. The quantitative estimate of drug-likeness (QED) is 0.639. The zero-order valence-corrected chi connectivity index (χ0v) is 15.3. The molecular weight excluding hydrogens is 404 g/mol. The number of halogens is 2. The van der Waals surface area contributed by atoms with E-state index in [-0.39, 0.29) is 5.91 Å². The molecule has 126 valence electrons. The number of aliphatic hydroxyl groups excluding tert-OH is 1. The molecule has 3 aromatic rings. The number of pyridine rings is 1. The lowest BCUT2D eigenvalue weighted by molar-refractivity contribution is 0.102. The number of carbonyl (C=O) groups is 1. The van der Waals surface area contributed by atoms with Gasteiger partial charge in [0.25, 0.3) is 5.91 Å². The highest BCUT2D eigenvalue weighted by Crippen LogP contribution is 2.31. The fraction of sp³-hybridized carbons (Fsp3) is 0.0526. The lowest BCUT2D eigenvalue weighted by atomic mass is 9.99. The van der Waals surface area contributed by atoms with E-state index in [0.717, 1.165) is 0 Å². The van der Waals surface area contributed by atoms with E-state index in [1.165, 1.54) is 6.20 Å². The van der Waals surface area contributed by atoms with Gasteiger partial charge >= 0.3 is 0 Å². The number of amides is 1. The zero-order chi connectivity index (χ0) is 17.8. The van der Waals surface area contributed by atoms with Gasteiger partial charge in [0.15, 0.2) is 0 Å². The summed E-state index contributed by atoms with van der Waals surface area (Å²) in [6, 6.07) is 15.8. The van der Waals surface area contributed by atoms with Crippen molar-refractivity contribution in [3.8, 4) is 0 Å². The Hall–Kier alpha value is -2.21. The minimum atomic E-state index is -0.907. The Morgan fingerprint density at radius 2 is 1.88 bits per heavy atom. The summed E-state index contributed by atoms with van der Waals surface area (Å²) in [5.74, 6) is -0.322. The molecule has 0 fully saturated rings. The topological polar surface area (TPSA) is 62.2 Å². The van der Waals surface area contributed by atoms with Crippen LogP contribution in [0.3, 0.4) is 0 Å². The number of rotatable bonds is 4. The molecule has 0 aliphatic carbocycles. The summed E-state index contributed by atoms with van der Waals surface area (Å²) in [7, 11) is 0. The Morgan fingerprint density at radius 3 is 2.60 bits per heavy atom. The van der Waals surface area contributed by atoms with Crippen LogP contribution >= 0.6 is 27.5 Å². The minimum Gasteiger partial charge on any atom is -0.384 e. The molecule has 2 aromatic carbocycles. The van der Waals surface area contributed by atoms with E-state index >= 15 is 0 Å². The maximum atomic E-state index is 12.5. The van der Waals surface area contributed by atoms with E-state index in [4.69, 9.17) is 11.6 Å². The van der Waals surface area contributed by atoms with E-state index < -0.39 is 6.10 Å². The van der Waals surface area contributed by atoms with Crippen LogP contribution in [-0.4, -0.2) is 16.0 Å². The number of carbonyl (C=O) groups excluding carboxylic acids is 1. The summed E-state index contributed by atoms with van der Waals surface area (Å²) < 4.78 is 0.709. The third kappa shape index (κ3) is 4.25. The van der Waals surface area contributed by atoms with Gasteiger partial charge in [0.2, 0.25) is 0 Å². The van der Waals surface area contributed by atoms with Gasteiger partial charge in [-0.1, -0.05) is 41.9 Å². The average Bonchev–Trinajstić information content (AvgIpc) is 2.63. The van der Waals surface area contributed by atoms with Crippen molar-refractivity contribution < 1.29 is 9.90 Å². The molecule has 0 saturated heterocycles. The minimum absolute atomic E-state index is 0.322. The Morgan fingerprint density at radius 1 is 1.12 bits per heavy atom. The Balaban J connectivity index is 1.93. The normalized spacial score (nSPS) is 11.8. The molecule has 1 aromatic heterocycles. The van der Waals surface area contributed by atoms with E-state index in [0.29, 0.717) is 31.9 Å². The molecule has 25 heavy (non-hydrogen) atoms. The van der Waals surface area contributed by atoms with Crippen molar-refractivity contribution in [2.45, 2.75) is 6.10 Å². The molecule has 0 bridgehead atoms. The maximum Gasteiger partial charge on any atom is 0.257 e. The van der Waals surface area contributed by atoms with Crippen molar-refractivity contribution >= 4 is 39.1 Å². The molecule has 3 rings (SSSR count). The first-order valence-electron chi connectivity index (χ1n) is 7.49. The number of aromatic nitrogens is 1. The first-order valence-corrected chi connectivity index (χ1v) is 8.66. The monoisotopic (exact) mass is 416 g/mol. The number of hydrogen-bond donors (Lipinski definition) is 2. The van der Waals surface area contributed by atoms with E-state index in [9.17, 15) is 9.90 Å². The molecule has 1 heterocycles. The standard InChI is InChI=1S/C19H14BrClN2O2/c20-14-8-13(10-22-11-14)19(25)23-17-7-6-15(21)9-16(17)18(24)12-4-2-1-3-5-12/h1-11,18,24H,(H,23,25)/t18-/m1/s1. The molecule has 0 aliphatic rings. The molecule has 2 N–H and O–H groups in total. The largest absolute Gasteiger partial charge is 0.384 e. The number of aliphatic hydroxyl groups is 1. The fourth-order valence-electron chi connectivity index (χ4n) is 2.42. The molecule has 0 radical (unpaired) electrons. The van der Waals surface area contributed by atoms with Crippen LogP contribution in [0.25, 0.3) is 0 Å². The molecule has 1 atom stereocenters. The average molecular weight is 418 g/mol. The van der Waals surface area contributed by atoms with E-state index in [1.54, 1.807) is 30.5 Å². The number of anilines is 1. The maximum absolute atomic E-state index is 12.5. The van der Waals surface area contributed by atoms with E-state index in [2.05, 4.69) is 26.2 Å². The SMILES string of the molecule is O=C(Nc1ccc(Cl)cc1[C@H](O)c1ccccc1)c1cncc(Br)c1. The van der Waals surface area contributed by atoms with Gasteiger partial charge in [-0.3, -0.25) is 9.78 Å². The molecule has 0 spiro atoms. The van der Waals surface area contributed by atoms with Crippen molar-refractivity contribution in [3.05, 3.63) is 93.2 Å². The lowest BCUT2D eigenvalue weighted by Gasteiger charge is -2.17. The van der Waals surface area contributed by atoms with Crippen LogP contribution in [0, 0.1) is 0 Å². The molecule has 0 saturated carbocycles. The van der Waals surface area contributed by atoms with Crippen LogP contribution in [0.15, 0.2) is 71.5 Å². The van der Waals surface area contributed by atoms with Gasteiger partial charge in [0.05, 0.1) is 5.56 Å². The molecule has 1 amide bonds. The zero-order valence-electron chi connectivity index (χ0n) is 13.0. The summed E-state index contributed by atoms with van der Waals surface area (Å²) in [5.41, 5.74) is 2.13. The third-order valence-electron chi connectivity index (χ3n) is 3.64. The van der Waals surface area contributed by atoms with Crippen LogP contribution < -0.4 is 5.32 Å². The summed E-state index contributed by atoms with van der Waals surface area (Å²) in [5, 5.41) is 14.0. The third-order valence-corrected chi connectivity index (χ3v) is 4.31. The molecule has 0 aliphatic heterocycles. The van der Waals surface area contributed by atoms with Crippen molar-refractivity contribution in [1.29, 1.82) is 0 Å². The van der Waals surface area contributed by atoms with Gasteiger partial charge in [-0.2, -0.15) is 0 Å². The van der Waals surface area contributed by atoms with Crippen LogP contribution in [-0.2, 0) is 0 Å². The summed E-state index contributed by atoms with van der Waals surface area (Å²) in [6.45, 7) is 0. The predicted molar refractivity (Wildman–Crippen MR) is 102 cm³/mol. The van der Waals surface area contributed by atoms with Gasteiger partial charge in [-0.25, -0.2) is 0 Å². The number of nitrogens with one attached hydrogen (secondary N) is 1. The number of hydrogen-bond acceptors (Lipinski definition) is 3. The Bertz CT molecular complexity index is 903. The van der Waals surface area contributed by atoms with Crippen LogP contribution in [0.2, 0.25) is 5.02 Å². The van der Waals surface area contributed by atoms with E-state index in [1.807, 2.05) is 30.3 Å². The lowest BCUT2D eigenvalue weighted by Crippen LogP contribution is -2.15. The van der Waals surface area contributed by atoms with Gasteiger partial charge in [0, 0.05) is 33.1 Å². The van der Waals surface area contributed by atoms with Crippen LogP contribution in [0.5, 0.6) is 0 Å². The summed E-state index contributed by atoms with van der Waals surface area (Å²) in [6.07, 6.45) is 2.17.